The lowest BCUT2D eigenvalue weighted by molar-refractivity contribution is -0.111. The van der Waals surface area contributed by atoms with Gasteiger partial charge >= 0.3 is 0 Å². The predicted octanol–water partition coefficient (Wildman–Crippen LogP) is 3.92. The highest BCUT2D eigenvalue weighted by atomic mass is 32.1. The van der Waals surface area contributed by atoms with Crippen LogP contribution in [0.15, 0.2) is 53.6 Å². The number of amides is 1. The third-order valence-corrected chi connectivity index (χ3v) is 4.25. The predicted molar refractivity (Wildman–Crippen MR) is 87.3 cm³/mol. The van der Waals surface area contributed by atoms with Gasteiger partial charge in [0.2, 0.25) is 5.91 Å². The number of hydrogen-bond donors (Lipinski definition) is 1. The summed E-state index contributed by atoms with van der Waals surface area (Å²) in [6, 6.07) is 7.63. The van der Waals surface area contributed by atoms with E-state index in [9.17, 15) is 4.79 Å². The lowest BCUT2D eigenvalue weighted by atomic mass is 10.2. The molecular weight excluding hydrogens is 302 g/mol. The highest BCUT2D eigenvalue weighted by Crippen LogP contribution is 2.23. The third kappa shape index (κ3) is 3.62. The van der Waals surface area contributed by atoms with E-state index in [0.29, 0.717) is 0 Å². The molecule has 104 valence electrons. The van der Waals surface area contributed by atoms with Crippen LogP contribution >= 0.6 is 22.7 Å². The number of carbonyl (C=O) groups excluding carboxylic acids is 1. The molecule has 6 heteroatoms. The number of carbonyl (C=O) groups is 1. The molecule has 21 heavy (non-hydrogen) atoms. The Bertz CT molecular complexity index is 732. The molecule has 0 fully saturated rings. The minimum atomic E-state index is -0.162. The smallest absolute Gasteiger partial charge is 0.248 e. The molecule has 1 amide bonds. The molecule has 0 bridgehead atoms. The molecule has 0 spiro atoms. The Labute approximate surface area is 129 Å². The normalized spacial score (nSPS) is 10.9. The van der Waals surface area contributed by atoms with Crippen LogP contribution in [0.4, 0.5) is 5.69 Å². The quantitative estimate of drug-likeness (QED) is 0.743. The molecule has 0 saturated carbocycles. The molecule has 0 unspecified atom stereocenters. The summed E-state index contributed by atoms with van der Waals surface area (Å²) in [7, 11) is 0. The lowest BCUT2D eigenvalue weighted by Crippen LogP contribution is -2.07. The third-order valence-electron chi connectivity index (χ3n) is 2.68. The number of anilines is 1. The second-order valence-corrected chi connectivity index (χ2v) is 5.95. The molecule has 4 nitrogen and oxygen atoms in total. The van der Waals surface area contributed by atoms with Crippen LogP contribution in [-0.2, 0) is 4.79 Å². The molecule has 1 N–H and O–H groups in total. The summed E-state index contributed by atoms with van der Waals surface area (Å²) in [5, 5.41) is 5.73. The Kier molecular flexibility index (Phi) is 4.18. The molecular formula is C15H11N3OS2. The van der Waals surface area contributed by atoms with E-state index in [1.54, 1.807) is 35.3 Å². The number of rotatable bonds is 4. The first-order valence-corrected chi connectivity index (χ1v) is 7.95. The van der Waals surface area contributed by atoms with Crippen molar-refractivity contribution in [1.82, 2.24) is 9.97 Å². The minimum Gasteiger partial charge on any atom is -0.323 e. The summed E-state index contributed by atoms with van der Waals surface area (Å²) in [6.45, 7) is 0. The fourth-order valence-corrected chi connectivity index (χ4v) is 2.87. The first-order valence-electron chi connectivity index (χ1n) is 6.19. The van der Waals surface area contributed by atoms with Gasteiger partial charge in [-0.25, -0.2) is 4.98 Å². The van der Waals surface area contributed by atoms with Gasteiger partial charge in [0, 0.05) is 40.0 Å². The van der Waals surface area contributed by atoms with Gasteiger partial charge in [-0.3, -0.25) is 9.78 Å². The molecule has 1 aromatic carbocycles. The summed E-state index contributed by atoms with van der Waals surface area (Å²) in [4.78, 5) is 20.9. The Balaban J connectivity index is 1.64. The van der Waals surface area contributed by atoms with Gasteiger partial charge in [0.1, 0.15) is 5.01 Å². The standard InChI is InChI=1S/C15H11N3OS2/c19-14(6-5-13-9-16-10-21-13)18-12-3-1-11(2-4-12)15-17-7-8-20-15/h1-10H,(H,18,19)/b6-5+. The van der Waals surface area contributed by atoms with Gasteiger partial charge < -0.3 is 5.32 Å². The minimum absolute atomic E-state index is 0.162. The number of nitrogens with one attached hydrogen (secondary N) is 1. The van der Waals surface area contributed by atoms with E-state index in [-0.39, 0.29) is 5.91 Å². The zero-order valence-electron chi connectivity index (χ0n) is 10.9. The summed E-state index contributed by atoms with van der Waals surface area (Å²) in [5.41, 5.74) is 3.53. The second-order valence-electron chi connectivity index (χ2n) is 4.14. The summed E-state index contributed by atoms with van der Waals surface area (Å²) in [6.07, 6.45) is 6.75. The maximum Gasteiger partial charge on any atom is 0.248 e. The van der Waals surface area contributed by atoms with Crippen LogP contribution in [-0.4, -0.2) is 15.9 Å². The Morgan fingerprint density at radius 3 is 2.71 bits per heavy atom. The van der Waals surface area contributed by atoms with Gasteiger partial charge in [-0.2, -0.15) is 0 Å². The Morgan fingerprint density at radius 2 is 2.05 bits per heavy atom. The van der Waals surface area contributed by atoms with Crippen molar-refractivity contribution in [1.29, 1.82) is 0 Å². The molecule has 3 rings (SSSR count). The maximum absolute atomic E-state index is 11.8. The van der Waals surface area contributed by atoms with Crippen molar-refractivity contribution in [3.63, 3.8) is 0 Å². The van der Waals surface area contributed by atoms with Crippen LogP contribution in [0, 0.1) is 0 Å². The summed E-state index contributed by atoms with van der Waals surface area (Å²) < 4.78 is 0. The van der Waals surface area contributed by atoms with Crippen molar-refractivity contribution in [2.45, 2.75) is 0 Å². The fraction of sp³-hybridized carbons (Fsp3) is 0. The van der Waals surface area contributed by atoms with Crippen LogP contribution in [0.1, 0.15) is 4.88 Å². The van der Waals surface area contributed by atoms with Crippen molar-refractivity contribution < 1.29 is 4.79 Å². The van der Waals surface area contributed by atoms with Crippen molar-refractivity contribution in [2.24, 2.45) is 0 Å². The van der Waals surface area contributed by atoms with Crippen LogP contribution < -0.4 is 5.32 Å². The molecule has 0 saturated heterocycles. The largest absolute Gasteiger partial charge is 0.323 e. The lowest BCUT2D eigenvalue weighted by Gasteiger charge is -2.03. The molecule has 3 aromatic rings. The number of benzene rings is 1. The number of nitrogens with zero attached hydrogens (tertiary/aromatic N) is 2. The van der Waals surface area contributed by atoms with Crippen molar-refractivity contribution in [3.05, 3.63) is 58.5 Å². The van der Waals surface area contributed by atoms with E-state index in [2.05, 4.69) is 15.3 Å². The molecule has 2 aromatic heterocycles. The van der Waals surface area contributed by atoms with Gasteiger partial charge in [-0.1, -0.05) is 0 Å². The molecule has 0 aliphatic rings. The Hall–Kier alpha value is -2.31. The van der Waals surface area contributed by atoms with Crippen LogP contribution in [0.2, 0.25) is 0 Å². The van der Waals surface area contributed by atoms with Crippen LogP contribution in [0.25, 0.3) is 16.6 Å². The number of aromatic nitrogens is 2. The van der Waals surface area contributed by atoms with Crippen LogP contribution in [0.3, 0.4) is 0 Å². The van der Waals surface area contributed by atoms with Gasteiger partial charge in [0.25, 0.3) is 0 Å². The van der Waals surface area contributed by atoms with E-state index in [0.717, 1.165) is 21.1 Å². The zero-order chi connectivity index (χ0) is 14.5. The maximum atomic E-state index is 11.8. The van der Waals surface area contributed by atoms with Crippen molar-refractivity contribution in [2.75, 3.05) is 5.32 Å². The van der Waals surface area contributed by atoms with Gasteiger partial charge in [-0.15, -0.1) is 22.7 Å². The van der Waals surface area contributed by atoms with Gasteiger partial charge in [0.05, 0.1) is 5.51 Å². The van der Waals surface area contributed by atoms with E-state index in [1.165, 1.54) is 17.4 Å². The molecule has 0 atom stereocenters. The average Bonchev–Trinajstić information content (AvgIpc) is 3.19. The summed E-state index contributed by atoms with van der Waals surface area (Å²) in [5.74, 6) is -0.162. The molecule has 2 heterocycles. The number of thiazole rings is 2. The van der Waals surface area contributed by atoms with E-state index in [4.69, 9.17) is 0 Å². The van der Waals surface area contributed by atoms with E-state index in [1.807, 2.05) is 29.6 Å². The monoisotopic (exact) mass is 313 g/mol. The van der Waals surface area contributed by atoms with Crippen molar-refractivity contribution in [3.8, 4) is 10.6 Å². The first kappa shape index (κ1) is 13.7. The molecule has 0 radical (unpaired) electrons. The van der Waals surface area contributed by atoms with E-state index < -0.39 is 0 Å². The Morgan fingerprint density at radius 1 is 1.19 bits per heavy atom. The zero-order valence-corrected chi connectivity index (χ0v) is 12.5. The average molecular weight is 313 g/mol. The van der Waals surface area contributed by atoms with Crippen molar-refractivity contribution >= 4 is 40.3 Å². The van der Waals surface area contributed by atoms with Gasteiger partial charge in [0.15, 0.2) is 0 Å². The molecule has 0 aliphatic heterocycles. The second kappa shape index (κ2) is 6.43. The molecule has 0 aliphatic carbocycles. The first-order chi connectivity index (χ1) is 10.3. The van der Waals surface area contributed by atoms with E-state index >= 15 is 0 Å². The SMILES string of the molecule is O=C(/C=C/c1cncs1)Nc1ccc(-c2nccs2)cc1. The topological polar surface area (TPSA) is 54.9 Å². The fourth-order valence-electron chi connectivity index (χ4n) is 1.71. The van der Waals surface area contributed by atoms with Gasteiger partial charge in [-0.05, 0) is 30.3 Å². The highest BCUT2D eigenvalue weighted by Gasteiger charge is 2.02. The summed E-state index contributed by atoms with van der Waals surface area (Å²) >= 11 is 3.08. The van der Waals surface area contributed by atoms with Crippen LogP contribution in [0.5, 0.6) is 0 Å². The highest BCUT2D eigenvalue weighted by molar-refractivity contribution is 7.13. The number of hydrogen-bond acceptors (Lipinski definition) is 5.